The molecule has 0 aliphatic heterocycles. The number of carboxylic acid groups (broad SMARTS) is 1. The lowest BCUT2D eigenvalue weighted by Gasteiger charge is -2.08. The zero-order chi connectivity index (χ0) is 14.5. The van der Waals surface area contributed by atoms with Gasteiger partial charge < -0.3 is 9.84 Å². The average molecular weight is 354 g/mol. The summed E-state index contributed by atoms with van der Waals surface area (Å²) >= 11 is 9.39. The summed E-state index contributed by atoms with van der Waals surface area (Å²) in [4.78, 5) is 10.4. The Bertz CT molecular complexity index is 651. The molecule has 3 nitrogen and oxygen atoms in total. The molecule has 102 valence electrons. The van der Waals surface area contributed by atoms with E-state index in [-0.39, 0.29) is 0 Å². The van der Waals surface area contributed by atoms with Crippen LogP contribution < -0.4 is 4.74 Å². The maximum Gasteiger partial charge on any atom is 0.328 e. The Morgan fingerprint density at radius 3 is 2.55 bits per heavy atom. The Morgan fingerprint density at radius 2 is 1.90 bits per heavy atom. The first-order chi connectivity index (χ1) is 9.54. The fraction of sp³-hybridized carbons (Fsp3) is 0. The van der Waals surface area contributed by atoms with Crippen LogP contribution in [-0.2, 0) is 4.79 Å². The summed E-state index contributed by atoms with van der Waals surface area (Å²) < 4.78 is 6.54. The molecule has 0 saturated carbocycles. The lowest BCUT2D eigenvalue weighted by Crippen LogP contribution is -1.87. The van der Waals surface area contributed by atoms with E-state index in [4.69, 9.17) is 21.4 Å². The maximum atomic E-state index is 10.4. The van der Waals surface area contributed by atoms with Gasteiger partial charge in [-0.15, -0.1) is 0 Å². The number of hydrogen-bond acceptors (Lipinski definition) is 2. The van der Waals surface area contributed by atoms with E-state index in [9.17, 15) is 4.79 Å². The minimum absolute atomic E-state index is 0.517. The van der Waals surface area contributed by atoms with Gasteiger partial charge in [0.05, 0.1) is 5.02 Å². The first-order valence-corrected chi connectivity index (χ1v) is 6.85. The first-order valence-electron chi connectivity index (χ1n) is 5.68. The fourth-order valence-electron chi connectivity index (χ4n) is 1.50. The molecule has 0 aliphatic carbocycles. The molecule has 5 heteroatoms. The molecule has 0 spiro atoms. The predicted octanol–water partition coefficient (Wildman–Crippen LogP) is 4.99. The van der Waals surface area contributed by atoms with Gasteiger partial charge in [0.15, 0.2) is 0 Å². The summed E-state index contributed by atoms with van der Waals surface area (Å²) in [5.74, 6) is 0.193. The Morgan fingerprint density at radius 1 is 1.20 bits per heavy atom. The van der Waals surface area contributed by atoms with Gasteiger partial charge in [-0.25, -0.2) is 4.79 Å². The van der Waals surface area contributed by atoms with Crippen molar-refractivity contribution in [1.29, 1.82) is 0 Å². The highest BCUT2D eigenvalue weighted by atomic mass is 79.9. The summed E-state index contributed by atoms with van der Waals surface area (Å²) in [6.45, 7) is 0. The average Bonchev–Trinajstić information content (AvgIpc) is 2.42. The number of halogens is 2. The summed E-state index contributed by atoms with van der Waals surface area (Å²) in [6, 6.07) is 12.4. The van der Waals surface area contributed by atoms with E-state index in [0.717, 1.165) is 16.1 Å². The number of hydrogen-bond donors (Lipinski definition) is 1. The van der Waals surface area contributed by atoms with Crippen LogP contribution in [0.3, 0.4) is 0 Å². The molecular weight excluding hydrogens is 344 g/mol. The second-order valence-electron chi connectivity index (χ2n) is 3.92. The van der Waals surface area contributed by atoms with Crippen molar-refractivity contribution in [3.8, 4) is 11.5 Å². The van der Waals surface area contributed by atoms with Crippen molar-refractivity contribution >= 4 is 39.6 Å². The van der Waals surface area contributed by atoms with E-state index in [1.54, 1.807) is 36.4 Å². The van der Waals surface area contributed by atoms with Crippen molar-refractivity contribution < 1.29 is 14.6 Å². The number of ether oxygens (including phenoxy) is 1. The lowest BCUT2D eigenvalue weighted by atomic mass is 10.2. The van der Waals surface area contributed by atoms with Gasteiger partial charge in [0, 0.05) is 10.5 Å². The van der Waals surface area contributed by atoms with Crippen LogP contribution in [0.15, 0.2) is 53.0 Å². The number of aliphatic carboxylic acids is 1. The van der Waals surface area contributed by atoms with Gasteiger partial charge in [0.1, 0.15) is 11.5 Å². The number of carbonyl (C=O) groups is 1. The van der Waals surface area contributed by atoms with Crippen molar-refractivity contribution in [3.05, 3.63) is 63.6 Å². The van der Waals surface area contributed by atoms with Gasteiger partial charge in [-0.05, 0) is 42.0 Å². The highest BCUT2D eigenvalue weighted by Gasteiger charge is 2.04. The van der Waals surface area contributed by atoms with E-state index in [2.05, 4.69) is 15.9 Å². The van der Waals surface area contributed by atoms with Gasteiger partial charge in [-0.1, -0.05) is 39.7 Å². The van der Waals surface area contributed by atoms with Crippen molar-refractivity contribution in [3.63, 3.8) is 0 Å². The molecule has 2 aromatic carbocycles. The fourth-order valence-corrected chi connectivity index (χ4v) is 1.99. The Kier molecular flexibility index (Phi) is 4.82. The molecule has 0 heterocycles. The van der Waals surface area contributed by atoms with E-state index in [0.29, 0.717) is 16.5 Å². The molecule has 0 aliphatic rings. The second kappa shape index (κ2) is 6.59. The van der Waals surface area contributed by atoms with Crippen LogP contribution in [0.25, 0.3) is 6.08 Å². The highest BCUT2D eigenvalue weighted by molar-refractivity contribution is 9.10. The smallest absolute Gasteiger partial charge is 0.328 e. The van der Waals surface area contributed by atoms with Crippen molar-refractivity contribution in [2.75, 3.05) is 0 Å². The molecule has 2 rings (SSSR count). The van der Waals surface area contributed by atoms with Gasteiger partial charge in [-0.3, -0.25) is 0 Å². The summed E-state index contributed by atoms with van der Waals surface area (Å²) in [6.07, 6.45) is 2.60. The van der Waals surface area contributed by atoms with Crippen molar-refractivity contribution in [1.82, 2.24) is 0 Å². The molecule has 20 heavy (non-hydrogen) atoms. The molecule has 0 saturated heterocycles. The second-order valence-corrected chi connectivity index (χ2v) is 5.24. The van der Waals surface area contributed by atoms with Gasteiger partial charge in [0.25, 0.3) is 0 Å². The third-order valence-corrected chi connectivity index (χ3v) is 3.23. The van der Waals surface area contributed by atoms with Crippen molar-refractivity contribution in [2.24, 2.45) is 0 Å². The first kappa shape index (κ1) is 14.6. The number of rotatable bonds is 4. The zero-order valence-corrected chi connectivity index (χ0v) is 12.6. The Balaban J connectivity index is 2.14. The van der Waals surface area contributed by atoms with Crippen LogP contribution in [0.1, 0.15) is 5.56 Å². The summed E-state index contributed by atoms with van der Waals surface area (Å²) in [5, 5.41) is 9.07. The molecule has 0 amide bonds. The van der Waals surface area contributed by atoms with E-state index >= 15 is 0 Å². The largest absolute Gasteiger partial charge is 0.478 e. The molecule has 1 N–H and O–H groups in total. The molecule has 0 atom stereocenters. The zero-order valence-electron chi connectivity index (χ0n) is 10.2. The molecule has 0 bridgehead atoms. The minimum Gasteiger partial charge on any atom is -0.478 e. The molecule has 0 unspecified atom stereocenters. The Labute approximate surface area is 129 Å². The van der Waals surface area contributed by atoms with Crippen LogP contribution in [0.2, 0.25) is 5.02 Å². The van der Waals surface area contributed by atoms with Crippen LogP contribution in [-0.4, -0.2) is 11.1 Å². The SMILES string of the molecule is O=C(O)C=Cc1ccc(Oc2cc(Br)ccc2Cl)cc1. The lowest BCUT2D eigenvalue weighted by molar-refractivity contribution is -0.131. The van der Waals surface area contributed by atoms with Crippen LogP contribution in [0, 0.1) is 0 Å². The van der Waals surface area contributed by atoms with E-state index < -0.39 is 5.97 Å². The third kappa shape index (κ3) is 4.11. The molecule has 0 radical (unpaired) electrons. The van der Waals surface area contributed by atoms with Crippen LogP contribution >= 0.6 is 27.5 Å². The highest BCUT2D eigenvalue weighted by Crippen LogP contribution is 2.32. The van der Waals surface area contributed by atoms with Gasteiger partial charge in [-0.2, -0.15) is 0 Å². The topological polar surface area (TPSA) is 46.5 Å². The molecular formula is C15H10BrClO3. The standard InChI is InChI=1S/C15H10BrClO3/c16-11-4-7-13(17)14(9-11)20-12-5-1-10(2-6-12)3-8-15(18)19/h1-9H,(H,18,19). The van der Waals surface area contributed by atoms with Gasteiger partial charge >= 0.3 is 5.97 Å². The minimum atomic E-state index is -0.980. The molecule has 0 aromatic heterocycles. The monoisotopic (exact) mass is 352 g/mol. The normalized spacial score (nSPS) is 10.7. The number of carboxylic acids is 1. The van der Waals surface area contributed by atoms with Crippen LogP contribution in [0.5, 0.6) is 11.5 Å². The van der Waals surface area contributed by atoms with E-state index in [1.807, 2.05) is 6.07 Å². The number of benzene rings is 2. The predicted molar refractivity (Wildman–Crippen MR) is 82.3 cm³/mol. The third-order valence-electron chi connectivity index (χ3n) is 2.42. The Hall–Kier alpha value is -1.78. The molecule has 0 fully saturated rings. The maximum absolute atomic E-state index is 10.4. The van der Waals surface area contributed by atoms with Gasteiger partial charge in [0.2, 0.25) is 0 Å². The summed E-state index contributed by atoms with van der Waals surface area (Å²) in [5.41, 5.74) is 0.778. The summed E-state index contributed by atoms with van der Waals surface area (Å²) in [7, 11) is 0. The molecule has 2 aromatic rings. The van der Waals surface area contributed by atoms with E-state index in [1.165, 1.54) is 6.08 Å². The quantitative estimate of drug-likeness (QED) is 0.787. The van der Waals surface area contributed by atoms with Crippen LogP contribution in [0.4, 0.5) is 0 Å². The van der Waals surface area contributed by atoms with Crippen molar-refractivity contribution in [2.45, 2.75) is 0 Å².